The first kappa shape index (κ1) is 16.0. The number of aromatic nitrogens is 1. The molecule has 22 heavy (non-hydrogen) atoms. The lowest BCUT2D eigenvalue weighted by molar-refractivity contribution is -0.267. The quantitative estimate of drug-likeness (QED) is 0.625. The van der Waals surface area contributed by atoms with Crippen molar-refractivity contribution < 1.29 is 24.8 Å². The second-order valence-electron chi connectivity index (χ2n) is 5.26. The second kappa shape index (κ2) is 5.99. The van der Waals surface area contributed by atoms with E-state index < -0.39 is 30.7 Å². The van der Waals surface area contributed by atoms with Gasteiger partial charge in [-0.3, -0.25) is 0 Å². The number of ether oxygens (including phenoxy) is 2. The standard InChI is InChI=1S/C14H15BrClNO5/c1-5-11(18)12(19)13(20)14(21-5)22-10-4-17-9-3-8(16)7(15)2-6(9)10/h2-5,11-14,17-20H,1H3. The van der Waals surface area contributed by atoms with Crippen LogP contribution in [0.5, 0.6) is 5.75 Å². The van der Waals surface area contributed by atoms with Crippen LogP contribution in [0.1, 0.15) is 6.92 Å². The maximum Gasteiger partial charge on any atom is 0.229 e. The molecule has 2 heterocycles. The highest BCUT2D eigenvalue weighted by Crippen LogP contribution is 2.34. The summed E-state index contributed by atoms with van der Waals surface area (Å²) in [4.78, 5) is 3.01. The van der Waals surface area contributed by atoms with E-state index in [1.165, 1.54) is 0 Å². The zero-order chi connectivity index (χ0) is 16.0. The molecule has 1 aliphatic rings. The molecule has 1 aliphatic heterocycles. The van der Waals surface area contributed by atoms with Gasteiger partial charge in [0.25, 0.3) is 0 Å². The van der Waals surface area contributed by atoms with Gasteiger partial charge in [-0.05, 0) is 35.0 Å². The molecule has 6 nitrogen and oxygen atoms in total. The van der Waals surface area contributed by atoms with Crippen LogP contribution in [0.3, 0.4) is 0 Å². The molecular weight excluding hydrogens is 378 g/mol. The third kappa shape index (κ3) is 2.73. The van der Waals surface area contributed by atoms with Crippen molar-refractivity contribution >= 4 is 38.4 Å². The Morgan fingerprint density at radius 3 is 2.68 bits per heavy atom. The highest BCUT2D eigenvalue weighted by molar-refractivity contribution is 9.10. The molecule has 3 rings (SSSR count). The van der Waals surface area contributed by atoms with E-state index in [1.807, 2.05) is 0 Å². The fourth-order valence-corrected chi connectivity index (χ4v) is 2.93. The van der Waals surface area contributed by atoms with Crippen molar-refractivity contribution in [2.24, 2.45) is 0 Å². The number of aliphatic hydroxyl groups is 3. The van der Waals surface area contributed by atoms with Crippen LogP contribution in [0.2, 0.25) is 5.02 Å². The SMILES string of the molecule is CC1OC(Oc2c[nH]c3cc(Cl)c(Br)cc23)C(O)C(O)C1O. The fourth-order valence-electron chi connectivity index (χ4n) is 2.42. The number of aromatic amines is 1. The molecule has 5 atom stereocenters. The Morgan fingerprint density at radius 1 is 1.23 bits per heavy atom. The second-order valence-corrected chi connectivity index (χ2v) is 6.53. The average molecular weight is 393 g/mol. The Hall–Kier alpha value is -0.830. The third-order valence-corrected chi connectivity index (χ3v) is 4.93. The first-order chi connectivity index (χ1) is 10.4. The van der Waals surface area contributed by atoms with Crippen LogP contribution in [-0.2, 0) is 4.74 Å². The van der Waals surface area contributed by atoms with Crippen molar-refractivity contribution in [3.8, 4) is 5.75 Å². The van der Waals surface area contributed by atoms with E-state index in [4.69, 9.17) is 21.1 Å². The number of hydrogen-bond donors (Lipinski definition) is 4. The lowest BCUT2D eigenvalue weighted by Gasteiger charge is -2.38. The summed E-state index contributed by atoms with van der Waals surface area (Å²) in [6, 6.07) is 3.53. The van der Waals surface area contributed by atoms with E-state index in [1.54, 1.807) is 25.3 Å². The predicted octanol–water partition coefficient (Wildman–Crippen LogP) is 1.79. The van der Waals surface area contributed by atoms with Gasteiger partial charge in [0.05, 0.1) is 16.6 Å². The van der Waals surface area contributed by atoms with E-state index in [-0.39, 0.29) is 0 Å². The fraction of sp³-hybridized carbons (Fsp3) is 0.429. The van der Waals surface area contributed by atoms with Crippen LogP contribution in [0.15, 0.2) is 22.8 Å². The molecule has 0 bridgehead atoms. The van der Waals surface area contributed by atoms with Gasteiger partial charge in [-0.1, -0.05) is 11.6 Å². The summed E-state index contributed by atoms with van der Waals surface area (Å²) in [5.74, 6) is 0.451. The minimum Gasteiger partial charge on any atom is -0.460 e. The molecule has 4 N–H and O–H groups in total. The minimum atomic E-state index is -1.35. The molecular formula is C14H15BrClNO5. The van der Waals surface area contributed by atoms with Gasteiger partial charge in [0.15, 0.2) is 0 Å². The number of hydrogen-bond acceptors (Lipinski definition) is 5. The summed E-state index contributed by atoms with van der Waals surface area (Å²) < 4.78 is 11.8. The van der Waals surface area contributed by atoms with E-state index in [0.29, 0.717) is 15.2 Å². The Labute approximate surface area is 139 Å². The van der Waals surface area contributed by atoms with Crippen LogP contribution in [-0.4, -0.2) is 51.0 Å². The summed E-state index contributed by atoms with van der Waals surface area (Å²) in [5, 5.41) is 30.8. The molecule has 0 radical (unpaired) electrons. The average Bonchev–Trinajstić information content (AvgIpc) is 2.85. The van der Waals surface area contributed by atoms with Crippen molar-refractivity contribution in [2.45, 2.75) is 37.6 Å². The topological polar surface area (TPSA) is 94.9 Å². The molecule has 120 valence electrons. The summed E-state index contributed by atoms with van der Waals surface area (Å²) in [7, 11) is 0. The van der Waals surface area contributed by atoms with Crippen molar-refractivity contribution in [3.63, 3.8) is 0 Å². The maximum absolute atomic E-state index is 9.99. The van der Waals surface area contributed by atoms with Crippen LogP contribution in [0.4, 0.5) is 0 Å². The summed E-state index contributed by atoms with van der Waals surface area (Å²) in [5.41, 5.74) is 0.766. The Morgan fingerprint density at radius 2 is 1.95 bits per heavy atom. The number of aliphatic hydroxyl groups excluding tert-OH is 3. The molecule has 5 unspecified atom stereocenters. The van der Waals surface area contributed by atoms with Crippen LogP contribution >= 0.6 is 27.5 Å². The third-order valence-electron chi connectivity index (χ3n) is 3.74. The molecule has 1 aromatic heterocycles. The summed E-state index contributed by atoms with van der Waals surface area (Å²) >= 11 is 9.38. The minimum absolute atomic E-state index is 0.451. The number of nitrogens with one attached hydrogen (secondary N) is 1. The van der Waals surface area contributed by atoms with Crippen LogP contribution < -0.4 is 4.74 Å². The van der Waals surface area contributed by atoms with Gasteiger partial charge in [-0.2, -0.15) is 0 Å². The molecule has 2 aromatic rings. The van der Waals surface area contributed by atoms with Gasteiger partial charge >= 0.3 is 0 Å². The lowest BCUT2D eigenvalue weighted by atomic mass is 10.00. The molecule has 1 saturated heterocycles. The number of halogens is 2. The van der Waals surface area contributed by atoms with Crippen molar-refractivity contribution in [1.82, 2.24) is 4.98 Å². The lowest BCUT2D eigenvalue weighted by Crippen LogP contribution is -2.58. The van der Waals surface area contributed by atoms with Crippen molar-refractivity contribution in [1.29, 1.82) is 0 Å². The van der Waals surface area contributed by atoms with E-state index in [2.05, 4.69) is 20.9 Å². The Bertz CT molecular complexity index is 693. The van der Waals surface area contributed by atoms with Gasteiger partial charge in [0, 0.05) is 16.1 Å². The molecule has 0 saturated carbocycles. The highest BCUT2D eigenvalue weighted by atomic mass is 79.9. The van der Waals surface area contributed by atoms with Gasteiger partial charge in [-0.15, -0.1) is 0 Å². The first-order valence-corrected chi connectivity index (χ1v) is 7.88. The monoisotopic (exact) mass is 391 g/mol. The van der Waals surface area contributed by atoms with Crippen LogP contribution in [0, 0.1) is 0 Å². The summed E-state index contributed by atoms with van der Waals surface area (Å²) in [6.07, 6.45) is -3.97. The van der Waals surface area contributed by atoms with Gasteiger partial charge in [-0.25, -0.2) is 0 Å². The molecule has 0 spiro atoms. The molecule has 0 aliphatic carbocycles. The molecule has 8 heteroatoms. The van der Waals surface area contributed by atoms with Gasteiger partial charge in [0.1, 0.15) is 24.1 Å². The maximum atomic E-state index is 9.99. The normalized spacial score (nSPS) is 32.4. The predicted molar refractivity (Wildman–Crippen MR) is 84.0 cm³/mol. The first-order valence-electron chi connectivity index (χ1n) is 6.71. The smallest absolute Gasteiger partial charge is 0.229 e. The number of fused-ring (bicyclic) bond motifs is 1. The zero-order valence-electron chi connectivity index (χ0n) is 11.5. The Balaban J connectivity index is 1.88. The van der Waals surface area contributed by atoms with Crippen molar-refractivity contribution in [3.05, 3.63) is 27.8 Å². The highest BCUT2D eigenvalue weighted by Gasteiger charge is 2.43. The molecule has 1 aromatic carbocycles. The largest absolute Gasteiger partial charge is 0.460 e. The number of H-pyrrole nitrogens is 1. The molecule has 1 fully saturated rings. The summed E-state index contributed by atoms with van der Waals surface area (Å²) in [6.45, 7) is 1.60. The molecule has 0 amide bonds. The van der Waals surface area contributed by atoms with E-state index >= 15 is 0 Å². The van der Waals surface area contributed by atoms with Crippen molar-refractivity contribution in [2.75, 3.05) is 0 Å². The Kier molecular flexibility index (Phi) is 4.37. The zero-order valence-corrected chi connectivity index (χ0v) is 13.9. The van der Waals surface area contributed by atoms with Gasteiger partial charge < -0.3 is 29.8 Å². The van der Waals surface area contributed by atoms with E-state index in [9.17, 15) is 15.3 Å². The van der Waals surface area contributed by atoms with Gasteiger partial charge in [0.2, 0.25) is 6.29 Å². The number of rotatable bonds is 2. The van der Waals surface area contributed by atoms with Crippen LogP contribution in [0.25, 0.3) is 10.9 Å². The van der Waals surface area contributed by atoms with E-state index in [0.717, 1.165) is 10.9 Å². The number of benzene rings is 1.